The summed E-state index contributed by atoms with van der Waals surface area (Å²) >= 11 is 1.39. The highest BCUT2D eigenvalue weighted by atomic mass is 32.1. The standard InChI is InChI=1S/C12H11N3O2S/c1-6-11(16)14-8-4-7(2-3-10(8)17-6)9-5-18-12(13)15-9/h2-6H,1H3,(H2,13,15)(H,14,16). The van der Waals surface area contributed by atoms with Crippen LogP contribution in [0.15, 0.2) is 23.6 Å². The summed E-state index contributed by atoms with van der Waals surface area (Å²) in [4.78, 5) is 15.7. The number of thiazole rings is 1. The van der Waals surface area contributed by atoms with Crippen molar-refractivity contribution in [3.63, 3.8) is 0 Å². The summed E-state index contributed by atoms with van der Waals surface area (Å²) in [6.07, 6.45) is -0.460. The Hall–Kier alpha value is -2.08. The van der Waals surface area contributed by atoms with Gasteiger partial charge in [0.1, 0.15) is 5.75 Å². The van der Waals surface area contributed by atoms with Crippen molar-refractivity contribution in [3.05, 3.63) is 23.6 Å². The van der Waals surface area contributed by atoms with E-state index in [1.54, 1.807) is 6.92 Å². The monoisotopic (exact) mass is 261 g/mol. The predicted octanol–water partition coefficient (Wildman–Crippen LogP) is 2.11. The zero-order valence-corrected chi connectivity index (χ0v) is 10.5. The first-order valence-corrected chi connectivity index (χ1v) is 6.34. The molecule has 1 aromatic carbocycles. The third kappa shape index (κ3) is 1.80. The van der Waals surface area contributed by atoms with E-state index in [1.165, 1.54) is 11.3 Å². The average molecular weight is 261 g/mol. The van der Waals surface area contributed by atoms with E-state index in [9.17, 15) is 4.79 Å². The number of carbonyl (C=O) groups excluding carboxylic acids is 1. The van der Waals surface area contributed by atoms with Gasteiger partial charge in [0.15, 0.2) is 11.2 Å². The number of hydrogen-bond donors (Lipinski definition) is 2. The number of fused-ring (bicyclic) bond motifs is 1. The summed E-state index contributed by atoms with van der Waals surface area (Å²) in [6.45, 7) is 1.72. The molecule has 1 aliphatic heterocycles. The molecule has 0 spiro atoms. The molecule has 0 radical (unpaired) electrons. The van der Waals surface area contributed by atoms with Crippen LogP contribution < -0.4 is 15.8 Å². The van der Waals surface area contributed by atoms with E-state index in [-0.39, 0.29) is 5.91 Å². The van der Waals surface area contributed by atoms with Crippen LogP contribution >= 0.6 is 11.3 Å². The Morgan fingerprint density at radius 3 is 3.06 bits per heavy atom. The molecule has 18 heavy (non-hydrogen) atoms. The SMILES string of the molecule is CC1Oc2ccc(-c3csc(N)n3)cc2NC1=O. The van der Waals surface area contributed by atoms with Gasteiger partial charge in [-0.15, -0.1) is 11.3 Å². The van der Waals surface area contributed by atoms with Gasteiger partial charge in [-0.3, -0.25) is 4.79 Å². The van der Waals surface area contributed by atoms with Crippen LogP contribution in [0.3, 0.4) is 0 Å². The third-order valence-corrected chi connectivity index (χ3v) is 3.40. The molecule has 92 valence electrons. The van der Waals surface area contributed by atoms with E-state index >= 15 is 0 Å². The number of nitrogen functional groups attached to an aromatic ring is 1. The zero-order valence-electron chi connectivity index (χ0n) is 9.64. The zero-order chi connectivity index (χ0) is 12.7. The molecular formula is C12H11N3O2S. The van der Waals surface area contributed by atoms with Crippen LogP contribution in [0.1, 0.15) is 6.92 Å². The number of benzene rings is 1. The fourth-order valence-electron chi connectivity index (χ4n) is 1.79. The number of nitrogens with one attached hydrogen (secondary N) is 1. The van der Waals surface area contributed by atoms with Gasteiger partial charge in [0.25, 0.3) is 5.91 Å². The maximum Gasteiger partial charge on any atom is 0.265 e. The number of nitrogens with two attached hydrogens (primary N) is 1. The normalized spacial score (nSPS) is 17.8. The number of rotatable bonds is 1. The van der Waals surface area contributed by atoms with E-state index in [0.29, 0.717) is 16.6 Å². The lowest BCUT2D eigenvalue weighted by Gasteiger charge is -2.23. The van der Waals surface area contributed by atoms with Crippen LogP contribution in [0.2, 0.25) is 0 Å². The first-order chi connectivity index (χ1) is 8.63. The van der Waals surface area contributed by atoms with Gasteiger partial charge in [-0.05, 0) is 25.1 Å². The van der Waals surface area contributed by atoms with Gasteiger partial charge >= 0.3 is 0 Å². The Morgan fingerprint density at radius 1 is 1.50 bits per heavy atom. The lowest BCUT2D eigenvalue weighted by molar-refractivity contribution is -0.122. The Balaban J connectivity index is 2.01. The second kappa shape index (κ2) is 3.99. The number of hydrogen-bond acceptors (Lipinski definition) is 5. The molecule has 1 amide bonds. The minimum atomic E-state index is -0.460. The van der Waals surface area contributed by atoms with Crippen molar-refractivity contribution in [2.75, 3.05) is 11.1 Å². The van der Waals surface area contributed by atoms with Crippen molar-refractivity contribution < 1.29 is 9.53 Å². The summed E-state index contributed by atoms with van der Waals surface area (Å²) < 4.78 is 5.49. The number of amides is 1. The molecule has 0 fully saturated rings. The molecule has 2 heterocycles. The highest BCUT2D eigenvalue weighted by molar-refractivity contribution is 7.13. The molecule has 1 aromatic heterocycles. The molecule has 2 aromatic rings. The van der Waals surface area contributed by atoms with Gasteiger partial charge < -0.3 is 15.8 Å². The van der Waals surface area contributed by atoms with Crippen LogP contribution in [-0.4, -0.2) is 17.0 Å². The van der Waals surface area contributed by atoms with Crippen LogP contribution in [0.25, 0.3) is 11.3 Å². The summed E-state index contributed by atoms with van der Waals surface area (Å²) in [5.74, 6) is 0.534. The number of carbonyl (C=O) groups is 1. The number of anilines is 2. The van der Waals surface area contributed by atoms with Crippen molar-refractivity contribution in [2.45, 2.75) is 13.0 Å². The molecule has 0 aliphatic carbocycles. The van der Waals surface area contributed by atoms with Gasteiger partial charge in [-0.25, -0.2) is 4.98 Å². The Kier molecular flexibility index (Phi) is 2.45. The molecular weight excluding hydrogens is 250 g/mol. The highest BCUT2D eigenvalue weighted by Gasteiger charge is 2.23. The second-order valence-electron chi connectivity index (χ2n) is 4.03. The lowest BCUT2D eigenvalue weighted by Crippen LogP contribution is -2.34. The summed E-state index contributed by atoms with van der Waals surface area (Å²) in [7, 11) is 0. The van der Waals surface area contributed by atoms with E-state index in [2.05, 4.69) is 10.3 Å². The molecule has 0 bridgehead atoms. The third-order valence-electron chi connectivity index (χ3n) is 2.73. The van der Waals surface area contributed by atoms with E-state index < -0.39 is 6.10 Å². The van der Waals surface area contributed by atoms with Crippen LogP contribution in [-0.2, 0) is 4.79 Å². The van der Waals surface area contributed by atoms with Crippen molar-refractivity contribution in [3.8, 4) is 17.0 Å². The Labute approximate surface area is 108 Å². The van der Waals surface area contributed by atoms with Gasteiger partial charge in [0, 0.05) is 10.9 Å². The lowest BCUT2D eigenvalue weighted by atomic mass is 10.1. The Morgan fingerprint density at radius 2 is 2.33 bits per heavy atom. The molecule has 5 nitrogen and oxygen atoms in total. The van der Waals surface area contributed by atoms with Crippen LogP contribution in [0, 0.1) is 0 Å². The molecule has 1 aliphatic rings. The van der Waals surface area contributed by atoms with Gasteiger partial charge in [-0.1, -0.05) is 0 Å². The smallest absolute Gasteiger partial charge is 0.265 e. The first kappa shape index (κ1) is 11.0. The number of nitrogens with zero attached hydrogens (tertiary/aromatic N) is 1. The molecule has 6 heteroatoms. The molecule has 0 saturated heterocycles. The molecule has 3 N–H and O–H groups in total. The first-order valence-electron chi connectivity index (χ1n) is 5.46. The van der Waals surface area contributed by atoms with Gasteiger partial charge in [0.2, 0.25) is 0 Å². The number of aromatic nitrogens is 1. The van der Waals surface area contributed by atoms with Gasteiger partial charge in [0.05, 0.1) is 11.4 Å². The van der Waals surface area contributed by atoms with Crippen molar-refractivity contribution in [1.82, 2.24) is 4.98 Å². The van der Waals surface area contributed by atoms with Crippen LogP contribution in [0.4, 0.5) is 10.8 Å². The average Bonchev–Trinajstić information content (AvgIpc) is 2.77. The summed E-state index contributed by atoms with van der Waals surface area (Å²) in [5.41, 5.74) is 7.98. The fourth-order valence-corrected chi connectivity index (χ4v) is 2.36. The maximum atomic E-state index is 11.5. The Bertz CT molecular complexity index is 624. The van der Waals surface area contributed by atoms with Crippen molar-refractivity contribution in [2.24, 2.45) is 0 Å². The van der Waals surface area contributed by atoms with Crippen LogP contribution in [0.5, 0.6) is 5.75 Å². The second-order valence-corrected chi connectivity index (χ2v) is 4.92. The largest absolute Gasteiger partial charge is 0.479 e. The quantitative estimate of drug-likeness (QED) is 0.824. The minimum absolute atomic E-state index is 0.141. The highest BCUT2D eigenvalue weighted by Crippen LogP contribution is 2.34. The summed E-state index contributed by atoms with van der Waals surface area (Å²) in [6, 6.07) is 5.57. The summed E-state index contributed by atoms with van der Waals surface area (Å²) in [5, 5.41) is 5.21. The number of ether oxygens (including phenoxy) is 1. The molecule has 1 unspecified atom stereocenters. The van der Waals surface area contributed by atoms with Gasteiger partial charge in [-0.2, -0.15) is 0 Å². The predicted molar refractivity (Wildman–Crippen MR) is 70.7 cm³/mol. The molecule has 0 saturated carbocycles. The topological polar surface area (TPSA) is 77.2 Å². The van der Waals surface area contributed by atoms with E-state index in [1.807, 2.05) is 23.6 Å². The van der Waals surface area contributed by atoms with E-state index in [0.717, 1.165) is 11.3 Å². The van der Waals surface area contributed by atoms with E-state index in [4.69, 9.17) is 10.5 Å². The maximum absolute atomic E-state index is 11.5. The molecule has 1 atom stereocenters. The fraction of sp³-hybridized carbons (Fsp3) is 0.167. The minimum Gasteiger partial charge on any atom is -0.479 e. The van der Waals surface area contributed by atoms with Crippen molar-refractivity contribution in [1.29, 1.82) is 0 Å². The van der Waals surface area contributed by atoms with Crippen molar-refractivity contribution >= 4 is 28.1 Å². The molecule has 3 rings (SSSR count).